The quantitative estimate of drug-likeness (QED) is 0.344. The molecule has 21 heavy (non-hydrogen) atoms. The van der Waals surface area contributed by atoms with Crippen molar-refractivity contribution in [2.45, 2.75) is 0 Å². The molecule has 0 aromatic heterocycles. The van der Waals surface area contributed by atoms with Crippen LogP contribution in [0.5, 0.6) is 0 Å². The first-order chi connectivity index (χ1) is 10.0. The van der Waals surface area contributed by atoms with Crippen LogP contribution in [0.4, 0.5) is 10.1 Å². The number of hydrogen-bond acceptors (Lipinski definition) is 3. The number of oxime groups is 1. The van der Waals surface area contributed by atoms with Crippen molar-refractivity contribution in [2.24, 2.45) is 10.9 Å². The summed E-state index contributed by atoms with van der Waals surface area (Å²) < 4.78 is 13.7. The Bertz CT molecular complexity index is 719. The van der Waals surface area contributed by atoms with E-state index in [-0.39, 0.29) is 11.4 Å². The summed E-state index contributed by atoms with van der Waals surface area (Å²) in [6, 6.07) is 10.4. The average Bonchev–Trinajstić information content (AvgIpc) is 2.49. The predicted molar refractivity (Wildman–Crippen MR) is 81.0 cm³/mol. The summed E-state index contributed by atoms with van der Waals surface area (Å²) in [7, 11) is 0. The Balaban J connectivity index is 2.34. The second kappa shape index (κ2) is 6.36. The highest BCUT2D eigenvalue weighted by atomic mass is 79.9. The Labute approximate surface area is 128 Å². The van der Waals surface area contributed by atoms with Gasteiger partial charge in [0.15, 0.2) is 5.84 Å². The molecule has 1 amide bonds. The molecule has 2 aromatic carbocycles. The van der Waals surface area contributed by atoms with E-state index in [1.165, 1.54) is 12.1 Å². The SMILES string of the molecule is N/C(=N/O)c1ccccc1NC(=O)c1cc(F)ccc1Br. The number of halogens is 2. The van der Waals surface area contributed by atoms with E-state index in [1.54, 1.807) is 24.3 Å². The number of para-hydroxylation sites is 1. The molecule has 0 fully saturated rings. The molecule has 0 radical (unpaired) electrons. The molecule has 7 heteroatoms. The van der Waals surface area contributed by atoms with E-state index in [1.807, 2.05) is 0 Å². The van der Waals surface area contributed by atoms with Crippen LogP contribution in [0.1, 0.15) is 15.9 Å². The van der Waals surface area contributed by atoms with Crippen LogP contribution in [0, 0.1) is 5.82 Å². The summed E-state index contributed by atoms with van der Waals surface area (Å²) in [6.45, 7) is 0. The van der Waals surface area contributed by atoms with Crippen molar-refractivity contribution >= 4 is 33.4 Å². The van der Waals surface area contributed by atoms with Crippen LogP contribution in [-0.4, -0.2) is 17.0 Å². The van der Waals surface area contributed by atoms with Crippen LogP contribution < -0.4 is 11.1 Å². The van der Waals surface area contributed by atoms with Crippen LogP contribution in [-0.2, 0) is 0 Å². The Kier molecular flexibility index (Phi) is 4.54. The molecule has 0 atom stereocenters. The Morgan fingerprint density at radius 2 is 1.95 bits per heavy atom. The zero-order valence-electron chi connectivity index (χ0n) is 10.7. The van der Waals surface area contributed by atoms with Crippen LogP contribution >= 0.6 is 15.9 Å². The largest absolute Gasteiger partial charge is 0.409 e. The fraction of sp³-hybridized carbons (Fsp3) is 0. The van der Waals surface area contributed by atoms with Gasteiger partial charge in [-0.15, -0.1) is 0 Å². The minimum absolute atomic E-state index is 0.135. The first-order valence-corrected chi connectivity index (χ1v) is 6.65. The molecule has 2 aromatic rings. The van der Waals surface area contributed by atoms with E-state index < -0.39 is 11.7 Å². The fourth-order valence-corrected chi connectivity index (χ4v) is 2.16. The number of carbonyl (C=O) groups is 1. The van der Waals surface area contributed by atoms with E-state index in [9.17, 15) is 9.18 Å². The molecule has 0 spiro atoms. The highest BCUT2D eigenvalue weighted by Gasteiger charge is 2.14. The molecule has 0 aliphatic carbocycles. The van der Waals surface area contributed by atoms with E-state index >= 15 is 0 Å². The van der Waals surface area contributed by atoms with Crippen molar-refractivity contribution in [1.82, 2.24) is 0 Å². The van der Waals surface area contributed by atoms with E-state index in [2.05, 4.69) is 26.4 Å². The molecular formula is C14H11BrFN3O2. The lowest BCUT2D eigenvalue weighted by Crippen LogP contribution is -2.19. The van der Waals surface area contributed by atoms with Gasteiger partial charge in [0.2, 0.25) is 0 Å². The number of benzene rings is 2. The maximum absolute atomic E-state index is 13.2. The molecule has 0 saturated carbocycles. The van der Waals surface area contributed by atoms with Gasteiger partial charge in [-0.25, -0.2) is 4.39 Å². The van der Waals surface area contributed by atoms with Crippen LogP contribution in [0.15, 0.2) is 52.1 Å². The summed E-state index contributed by atoms with van der Waals surface area (Å²) in [6.07, 6.45) is 0. The molecule has 5 nitrogen and oxygen atoms in total. The van der Waals surface area contributed by atoms with Crippen molar-refractivity contribution in [2.75, 3.05) is 5.32 Å². The van der Waals surface area contributed by atoms with Crippen LogP contribution in [0.25, 0.3) is 0 Å². The predicted octanol–water partition coefficient (Wildman–Crippen LogP) is 2.94. The number of carbonyl (C=O) groups excluding carboxylic acids is 1. The summed E-state index contributed by atoms with van der Waals surface area (Å²) in [5, 5.41) is 14.2. The maximum Gasteiger partial charge on any atom is 0.256 e. The van der Waals surface area contributed by atoms with Crippen molar-refractivity contribution in [1.29, 1.82) is 0 Å². The van der Waals surface area contributed by atoms with Gasteiger partial charge in [0.25, 0.3) is 5.91 Å². The first kappa shape index (κ1) is 15.0. The summed E-state index contributed by atoms with van der Waals surface area (Å²) in [4.78, 5) is 12.2. The zero-order chi connectivity index (χ0) is 15.4. The monoisotopic (exact) mass is 351 g/mol. The van der Waals surface area contributed by atoms with Gasteiger partial charge in [-0.2, -0.15) is 0 Å². The van der Waals surface area contributed by atoms with Gasteiger partial charge in [-0.3, -0.25) is 4.79 Å². The molecule has 2 rings (SSSR count). The third kappa shape index (κ3) is 3.38. The molecule has 0 aliphatic rings. The number of rotatable bonds is 3. The average molecular weight is 352 g/mol. The van der Waals surface area contributed by atoms with Gasteiger partial charge < -0.3 is 16.3 Å². The number of nitrogens with one attached hydrogen (secondary N) is 1. The molecule has 0 bridgehead atoms. The van der Waals surface area contributed by atoms with Crippen molar-refractivity contribution in [3.63, 3.8) is 0 Å². The van der Waals surface area contributed by atoms with Gasteiger partial charge in [0.05, 0.1) is 11.3 Å². The Morgan fingerprint density at radius 3 is 2.67 bits per heavy atom. The molecule has 0 unspecified atom stereocenters. The lowest BCUT2D eigenvalue weighted by molar-refractivity contribution is 0.102. The molecule has 0 aliphatic heterocycles. The number of nitrogens with two attached hydrogens (primary N) is 1. The standard InChI is InChI=1S/C14H11BrFN3O2/c15-11-6-5-8(16)7-10(11)14(20)18-12-4-2-1-3-9(12)13(17)19-21/h1-7,21H,(H2,17,19)(H,18,20). The maximum atomic E-state index is 13.2. The lowest BCUT2D eigenvalue weighted by Gasteiger charge is -2.11. The Hall–Kier alpha value is -2.41. The van der Waals surface area contributed by atoms with Crippen molar-refractivity contribution in [3.8, 4) is 0 Å². The van der Waals surface area contributed by atoms with Crippen LogP contribution in [0.2, 0.25) is 0 Å². The van der Waals surface area contributed by atoms with Gasteiger partial charge in [-0.05, 0) is 46.3 Å². The Morgan fingerprint density at radius 1 is 1.24 bits per heavy atom. The second-order valence-electron chi connectivity index (χ2n) is 4.11. The fourth-order valence-electron chi connectivity index (χ4n) is 1.73. The minimum atomic E-state index is -0.520. The third-order valence-corrected chi connectivity index (χ3v) is 3.42. The summed E-state index contributed by atoms with van der Waals surface area (Å²) in [5.41, 5.74) is 6.40. The second-order valence-corrected chi connectivity index (χ2v) is 4.96. The molecule has 0 heterocycles. The topological polar surface area (TPSA) is 87.7 Å². The van der Waals surface area contributed by atoms with Gasteiger partial charge >= 0.3 is 0 Å². The number of amidine groups is 1. The molecule has 108 valence electrons. The normalized spacial score (nSPS) is 11.2. The van der Waals surface area contributed by atoms with E-state index in [4.69, 9.17) is 10.9 Å². The number of anilines is 1. The van der Waals surface area contributed by atoms with Gasteiger partial charge in [0.1, 0.15) is 5.82 Å². The first-order valence-electron chi connectivity index (χ1n) is 5.86. The zero-order valence-corrected chi connectivity index (χ0v) is 12.3. The van der Waals surface area contributed by atoms with Crippen LogP contribution in [0.3, 0.4) is 0 Å². The van der Waals surface area contributed by atoms with Crippen molar-refractivity contribution in [3.05, 3.63) is 63.9 Å². The summed E-state index contributed by atoms with van der Waals surface area (Å²) >= 11 is 3.19. The number of hydrogen-bond donors (Lipinski definition) is 3. The van der Waals surface area contributed by atoms with Gasteiger partial charge in [-0.1, -0.05) is 17.3 Å². The number of amides is 1. The van der Waals surface area contributed by atoms with E-state index in [0.717, 1.165) is 6.07 Å². The van der Waals surface area contributed by atoms with E-state index in [0.29, 0.717) is 15.7 Å². The van der Waals surface area contributed by atoms with Crippen molar-refractivity contribution < 1.29 is 14.4 Å². The third-order valence-electron chi connectivity index (χ3n) is 2.73. The molecular weight excluding hydrogens is 341 g/mol. The highest BCUT2D eigenvalue weighted by Crippen LogP contribution is 2.21. The summed E-state index contributed by atoms with van der Waals surface area (Å²) in [5.74, 6) is -1.17. The molecule has 0 saturated heterocycles. The lowest BCUT2D eigenvalue weighted by atomic mass is 10.1. The molecule has 4 N–H and O–H groups in total. The number of nitrogens with zero attached hydrogens (tertiary/aromatic N) is 1. The highest BCUT2D eigenvalue weighted by molar-refractivity contribution is 9.10. The smallest absolute Gasteiger partial charge is 0.256 e. The van der Waals surface area contributed by atoms with Gasteiger partial charge in [0, 0.05) is 10.0 Å². The minimum Gasteiger partial charge on any atom is -0.409 e.